The minimum absolute atomic E-state index is 0.0316. The number of benzene rings is 3. The largest absolute Gasteiger partial charge is 0.488 e. The molecule has 3 N–H and O–H groups in total. The maximum Gasteiger partial charge on any atom is 0.488 e. The molecule has 1 heterocycles. The van der Waals surface area contributed by atoms with E-state index in [1.807, 2.05) is 0 Å². The third kappa shape index (κ3) is 5.27. The molecule has 39 heavy (non-hydrogen) atoms. The van der Waals surface area contributed by atoms with Crippen molar-refractivity contribution in [1.29, 1.82) is 0 Å². The van der Waals surface area contributed by atoms with E-state index >= 15 is 0 Å². The molecule has 8 nitrogen and oxygen atoms in total. The third-order valence-electron chi connectivity index (χ3n) is 6.77. The first-order valence-corrected chi connectivity index (χ1v) is 14.0. The molecule has 1 amide bonds. The van der Waals surface area contributed by atoms with E-state index in [0.717, 1.165) is 29.5 Å². The highest BCUT2D eigenvalue weighted by molar-refractivity contribution is 7.92. The van der Waals surface area contributed by atoms with E-state index in [1.54, 1.807) is 6.07 Å². The molecule has 202 valence electrons. The predicted molar refractivity (Wildman–Crippen MR) is 144 cm³/mol. The molecule has 1 aromatic heterocycles. The monoisotopic (exact) mass is 554 g/mol. The van der Waals surface area contributed by atoms with Crippen LogP contribution in [-0.2, 0) is 16.6 Å². The molecule has 0 saturated heterocycles. The Morgan fingerprint density at radius 1 is 1.10 bits per heavy atom. The molecule has 1 aliphatic carbocycles. The number of carbonyl (C=O) groups excluding carboxylic acids is 1. The van der Waals surface area contributed by atoms with Crippen molar-refractivity contribution in [3.63, 3.8) is 0 Å². The summed E-state index contributed by atoms with van der Waals surface area (Å²) < 4.78 is 61.7. The second-order valence-corrected chi connectivity index (χ2v) is 11.5. The number of hydrogen-bond donors (Lipinski definition) is 3. The van der Waals surface area contributed by atoms with Crippen molar-refractivity contribution >= 4 is 45.2 Å². The number of sulfonamides is 1. The van der Waals surface area contributed by atoms with Gasteiger partial charge < -0.3 is 19.8 Å². The lowest BCUT2D eigenvalue weighted by Crippen LogP contribution is -2.32. The smallest absolute Gasteiger partial charge is 0.455 e. The maximum atomic E-state index is 14.9. The Morgan fingerprint density at radius 3 is 2.36 bits per heavy atom. The van der Waals surface area contributed by atoms with Crippen LogP contribution >= 0.6 is 0 Å². The molecule has 0 spiro atoms. The average molecular weight is 554 g/mol. The number of fused-ring (bicyclic) bond motifs is 1. The fourth-order valence-electron chi connectivity index (χ4n) is 4.63. The Kier molecular flexibility index (Phi) is 6.96. The summed E-state index contributed by atoms with van der Waals surface area (Å²) in [5, 5.41) is 21.7. The zero-order valence-electron chi connectivity index (χ0n) is 21.1. The predicted octanol–water partition coefficient (Wildman–Crippen LogP) is 3.26. The number of furan rings is 1. The van der Waals surface area contributed by atoms with Gasteiger partial charge in [-0.1, -0.05) is 12.1 Å². The maximum absolute atomic E-state index is 14.9. The zero-order chi connectivity index (χ0) is 28.1. The van der Waals surface area contributed by atoms with Gasteiger partial charge in [0.1, 0.15) is 23.0 Å². The first kappa shape index (κ1) is 26.9. The minimum atomic E-state index is -3.93. The van der Waals surface area contributed by atoms with Crippen LogP contribution in [0.15, 0.2) is 59.0 Å². The zero-order valence-corrected chi connectivity index (χ0v) is 21.9. The van der Waals surface area contributed by atoms with Crippen LogP contribution in [0.4, 0.5) is 14.5 Å². The summed E-state index contributed by atoms with van der Waals surface area (Å²) in [5.74, 6) is -1.42. The number of anilines is 1. The van der Waals surface area contributed by atoms with Gasteiger partial charge >= 0.3 is 7.12 Å². The number of halogens is 2. The normalized spacial score (nSPS) is 13.5. The number of hydrogen-bond acceptors (Lipinski definition) is 6. The van der Waals surface area contributed by atoms with Gasteiger partial charge in [0.15, 0.2) is 0 Å². The fraction of sp³-hybridized carbons (Fsp3) is 0.222. The highest BCUT2D eigenvalue weighted by Gasteiger charge is 2.33. The van der Waals surface area contributed by atoms with E-state index in [0.29, 0.717) is 22.2 Å². The molecule has 5 rings (SSSR count). The van der Waals surface area contributed by atoms with Gasteiger partial charge in [-0.2, -0.15) is 0 Å². The summed E-state index contributed by atoms with van der Waals surface area (Å²) in [6.07, 6.45) is 2.64. The Hall–Kier alpha value is -3.74. The van der Waals surface area contributed by atoms with Gasteiger partial charge in [-0.25, -0.2) is 17.2 Å². The van der Waals surface area contributed by atoms with E-state index < -0.39 is 34.7 Å². The molecule has 1 aliphatic rings. The van der Waals surface area contributed by atoms with Gasteiger partial charge in [0.2, 0.25) is 10.0 Å². The molecular formula is C27H25BF2N2O6S. The van der Waals surface area contributed by atoms with Gasteiger partial charge in [-0.3, -0.25) is 9.10 Å². The summed E-state index contributed by atoms with van der Waals surface area (Å²) in [7, 11) is -4.32. The Morgan fingerprint density at radius 2 is 1.79 bits per heavy atom. The summed E-state index contributed by atoms with van der Waals surface area (Å²) >= 11 is 0. The first-order chi connectivity index (χ1) is 18.5. The summed E-state index contributed by atoms with van der Waals surface area (Å²) in [5.41, 5.74) is 1.88. The average Bonchev–Trinajstić information content (AvgIpc) is 3.67. The van der Waals surface area contributed by atoms with Crippen molar-refractivity contribution in [1.82, 2.24) is 5.32 Å². The first-order valence-electron chi connectivity index (χ1n) is 12.2. The lowest BCUT2D eigenvalue weighted by Gasteiger charge is -2.25. The van der Waals surface area contributed by atoms with Gasteiger partial charge in [0.05, 0.1) is 24.1 Å². The van der Waals surface area contributed by atoms with Crippen LogP contribution in [0.3, 0.4) is 0 Å². The molecule has 0 aliphatic heterocycles. The standard InChI is InChI=1S/C27H25BF2N2O6S/c1-31-27(33)25-21-12-20(15-3-4-15)23(13-24(21)38-26(25)16-6-9-19(29)10-7-16)32(39(2,36)37)14-17-5-8-18(28(34)35)11-22(17)30/h5-13,15,34-35H,3-4,14H2,1-2H3,(H,31,33). The molecule has 12 heteroatoms. The van der Waals surface area contributed by atoms with Gasteiger partial charge in [-0.15, -0.1) is 0 Å². The lowest BCUT2D eigenvalue weighted by atomic mass is 9.80. The van der Waals surface area contributed by atoms with Crippen LogP contribution in [0.25, 0.3) is 22.3 Å². The quantitative estimate of drug-likeness (QED) is 0.288. The second kappa shape index (κ2) is 10.1. The van der Waals surface area contributed by atoms with Crippen LogP contribution in [-0.4, -0.2) is 44.8 Å². The van der Waals surface area contributed by atoms with Gasteiger partial charge in [0.25, 0.3) is 5.91 Å². The van der Waals surface area contributed by atoms with Crippen LogP contribution in [0.1, 0.15) is 40.2 Å². The molecule has 0 bridgehead atoms. The van der Waals surface area contributed by atoms with Crippen LogP contribution in [0.5, 0.6) is 0 Å². The van der Waals surface area contributed by atoms with Gasteiger partial charge in [-0.05, 0) is 66.2 Å². The minimum Gasteiger partial charge on any atom is -0.455 e. The van der Waals surface area contributed by atoms with E-state index in [1.165, 1.54) is 49.5 Å². The summed E-state index contributed by atoms with van der Waals surface area (Å²) in [4.78, 5) is 12.9. The lowest BCUT2D eigenvalue weighted by molar-refractivity contribution is 0.0964. The van der Waals surface area contributed by atoms with E-state index in [4.69, 9.17) is 4.42 Å². The van der Waals surface area contributed by atoms with Crippen molar-refractivity contribution in [2.45, 2.75) is 25.3 Å². The van der Waals surface area contributed by atoms with E-state index in [9.17, 15) is 32.0 Å². The Bertz CT molecular complexity index is 1680. The third-order valence-corrected chi connectivity index (χ3v) is 7.90. The molecule has 0 radical (unpaired) electrons. The summed E-state index contributed by atoms with van der Waals surface area (Å²) in [6, 6.07) is 12.3. The van der Waals surface area contributed by atoms with Crippen molar-refractivity contribution in [3.05, 3.63) is 82.9 Å². The molecule has 3 aromatic carbocycles. The van der Waals surface area contributed by atoms with E-state index in [2.05, 4.69) is 5.32 Å². The van der Waals surface area contributed by atoms with Crippen LogP contribution < -0.4 is 15.1 Å². The topological polar surface area (TPSA) is 120 Å². The molecular weight excluding hydrogens is 529 g/mol. The molecule has 1 saturated carbocycles. The fourth-order valence-corrected chi connectivity index (χ4v) is 5.52. The molecule has 4 aromatic rings. The van der Waals surface area contributed by atoms with Crippen molar-refractivity contribution < 1.29 is 36.5 Å². The SMILES string of the molecule is CNC(=O)c1c(-c2ccc(F)cc2)oc2cc(N(Cc3ccc(B(O)O)cc3F)S(C)(=O)=O)c(C3CC3)cc12. The number of rotatable bonds is 8. The number of nitrogens with zero attached hydrogens (tertiary/aromatic N) is 1. The van der Waals surface area contributed by atoms with Gasteiger partial charge in [0, 0.05) is 29.6 Å². The van der Waals surface area contributed by atoms with Crippen molar-refractivity contribution in [2.24, 2.45) is 0 Å². The number of amides is 1. The second-order valence-electron chi connectivity index (χ2n) is 9.57. The number of nitrogens with one attached hydrogen (secondary N) is 1. The van der Waals surface area contributed by atoms with E-state index in [-0.39, 0.29) is 40.4 Å². The van der Waals surface area contributed by atoms with Crippen molar-refractivity contribution in [3.8, 4) is 11.3 Å². The van der Waals surface area contributed by atoms with Crippen LogP contribution in [0.2, 0.25) is 0 Å². The number of carbonyl (C=O) groups is 1. The molecule has 0 atom stereocenters. The Balaban J connectivity index is 1.70. The Labute approximate surface area is 224 Å². The summed E-state index contributed by atoms with van der Waals surface area (Å²) in [6.45, 7) is -0.356. The van der Waals surface area contributed by atoms with Crippen molar-refractivity contribution in [2.75, 3.05) is 17.6 Å². The molecule has 0 unspecified atom stereocenters. The molecule has 1 fully saturated rings. The highest BCUT2D eigenvalue weighted by Crippen LogP contribution is 2.48. The van der Waals surface area contributed by atoms with Crippen LogP contribution in [0, 0.1) is 11.6 Å². The highest BCUT2D eigenvalue weighted by atomic mass is 32.2.